The van der Waals surface area contributed by atoms with E-state index in [0.29, 0.717) is 19.5 Å². The van der Waals surface area contributed by atoms with Gasteiger partial charge in [-0.05, 0) is 31.3 Å². The van der Waals surface area contributed by atoms with Gasteiger partial charge in [-0.2, -0.15) is 11.8 Å². The fraction of sp³-hybridized carbons (Fsp3) is 0.769. The van der Waals surface area contributed by atoms with Crippen molar-refractivity contribution in [2.45, 2.75) is 25.3 Å². The van der Waals surface area contributed by atoms with E-state index in [9.17, 15) is 14.4 Å². The van der Waals surface area contributed by atoms with Crippen molar-refractivity contribution in [2.24, 2.45) is 11.7 Å². The number of carbonyl (C=O) groups excluding carboxylic acids is 3. The number of piperidine rings is 1. The number of nitrogens with two attached hydrogens (primary N) is 1. The molecular formula is C13H23N3O4S. The molecule has 1 heterocycles. The van der Waals surface area contributed by atoms with Crippen molar-refractivity contribution >= 4 is 29.7 Å². The zero-order valence-corrected chi connectivity index (χ0v) is 13.3. The lowest BCUT2D eigenvalue weighted by molar-refractivity contribution is -0.149. The summed E-state index contributed by atoms with van der Waals surface area (Å²) in [5, 5.41) is 2.49. The predicted octanol–water partition coefficient (Wildman–Crippen LogP) is 0.188. The van der Waals surface area contributed by atoms with Crippen molar-refractivity contribution < 1.29 is 19.1 Å². The average molecular weight is 317 g/mol. The molecule has 0 radical (unpaired) electrons. The molecule has 0 aromatic carbocycles. The SMILES string of the molecule is COC(=O)C1CCCN(C(=O)C(CCSC)NC(N)=O)C1. The largest absolute Gasteiger partial charge is 0.469 e. The number of nitrogens with one attached hydrogen (secondary N) is 1. The molecule has 0 aromatic rings. The maximum absolute atomic E-state index is 12.5. The summed E-state index contributed by atoms with van der Waals surface area (Å²) in [7, 11) is 1.35. The van der Waals surface area contributed by atoms with Gasteiger partial charge in [0.2, 0.25) is 5.91 Å². The third kappa shape index (κ3) is 5.45. The number of hydrogen-bond acceptors (Lipinski definition) is 5. The molecule has 7 nitrogen and oxygen atoms in total. The van der Waals surface area contributed by atoms with Gasteiger partial charge in [-0.15, -0.1) is 0 Å². The van der Waals surface area contributed by atoms with E-state index in [4.69, 9.17) is 10.5 Å². The fourth-order valence-corrected chi connectivity index (χ4v) is 2.89. The van der Waals surface area contributed by atoms with Crippen LogP contribution in [0.2, 0.25) is 0 Å². The van der Waals surface area contributed by atoms with Gasteiger partial charge in [-0.25, -0.2) is 4.79 Å². The maximum Gasteiger partial charge on any atom is 0.312 e. The van der Waals surface area contributed by atoms with Crippen LogP contribution in [0.4, 0.5) is 4.79 Å². The second-order valence-corrected chi connectivity index (χ2v) is 5.97. The number of rotatable bonds is 6. The summed E-state index contributed by atoms with van der Waals surface area (Å²) in [5.74, 6) is -0.0275. The zero-order chi connectivity index (χ0) is 15.8. The van der Waals surface area contributed by atoms with E-state index in [1.807, 2.05) is 6.26 Å². The summed E-state index contributed by atoms with van der Waals surface area (Å²) in [5.41, 5.74) is 5.13. The molecule has 0 saturated carbocycles. The molecule has 1 aliphatic heterocycles. The maximum atomic E-state index is 12.5. The van der Waals surface area contributed by atoms with Gasteiger partial charge >= 0.3 is 12.0 Å². The normalized spacial score (nSPS) is 19.7. The standard InChI is InChI=1S/C13H23N3O4S/c1-20-12(18)9-4-3-6-16(8-9)11(17)10(5-7-21-2)15-13(14)19/h9-10H,3-8H2,1-2H3,(H3,14,15,19). The number of ether oxygens (including phenoxy) is 1. The van der Waals surface area contributed by atoms with Gasteiger partial charge in [0.25, 0.3) is 0 Å². The molecule has 1 aliphatic rings. The number of esters is 1. The van der Waals surface area contributed by atoms with Crippen LogP contribution in [0, 0.1) is 5.92 Å². The van der Waals surface area contributed by atoms with Crippen LogP contribution in [0.1, 0.15) is 19.3 Å². The van der Waals surface area contributed by atoms with Crippen LogP contribution in [-0.4, -0.2) is 61.1 Å². The number of urea groups is 1. The summed E-state index contributed by atoms with van der Waals surface area (Å²) in [6.07, 6.45) is 3.91. The van der Waals surface area contributed by atoms with Crippen LogP contribution in [0.25, 0.3) is 0 Å². The van der Waals surface area contributed by atoms with Gasteiger partial charge in [0.05, 0.1) is 13.0 Å². The molecule has 1 saturated heterocycles. The Kier molecular flexibility index (Phi) is 7.35. The number of primary amides is 1. The summed E-state index contributed by atoms with van der Waals surface area (Å²) in [6.45, 7) is 0.921. The summed E-state index contributed by atoms with van der Waals surface area (Å²) < 4.78 is 4.74. The molecule has 0 aromatic heterocycles. The lowest BCUT2D eigenvalue weighted by Gasteiger charge is -2.33. The molecule has 3 amide bonds. The van der Waals surface area contributed by atoms with Gasteiger partial charge < -0.3 is 20.7 Å². The Labute approximate surface area is 128 Å². The van der Waals surface area contributed by atoms with E-state index in [1.165, 1.54) is 7.11 Å². The number of likely N-dealkylation sites (tertiary alicyclic amines) is 1. The smallest absolute Gasteiger partial charge is 0.312 e. The molecule has 1 rings (SSSR count). The first-order valence-corrected chi connectivity index (χ1v) is 8.30. The minimum atomic E-state index is -0.712. The monoisotopic (exact) mass is 317 g/mol. The van der Waals surface area contributed by atoms with E-state index in [-0.39, 0.29) is 17.8 Å². The van der Waals surface area contributed by atoms with Crippen LogP contribution in [-0.2, 0) is 14.3 Å². The van der Waals surface area contributed by atoms with Crippen LogP contribution >= 0.6 is 11.8 Å². The molecule has 8 heteroatoms. The minimum Gasteiger partial charge on any atom is -0.469 e. The Morgan fingerprint density at radius 2 is 2.19 bits per heavy atom. The second kappa shape index (κ2) is 8.76. The van der Waals surface area contributed by atoms with E-state index in [2.05, 4.69) is 5.32 Å². The summed E-state index contributed by atoms with van der Waals surface area (Å²) in [6, 6.07) is -1.35. The average Bonchev–Trinajstić information content (AvgIpc) is 2.49. The molecule has 1 fully saturated rings. The highest BCUT2D eigenvalue weighted by molar-refractivity contribution is 7.98. The Morgan fingerprint density at radius 3 is 2.76 bits per heavy atom. The van der Waals surface area contributed by atoms with Crippen molar-refractivity contribution in [3.63, 3.8) is 0 Å². The van der Waals surface area contributed by atoms with E-state index >= 15 is 0 Å². The van der Waals surface area contributed by atoms with Crippen molar-refractivity contribution in [2.75, 3.05) is 32.2 Å². The second-order valence-electron chi connectivity index (χ2n) is 4.99. The molecule has 120 valence electrons. The molecule has 0 aliphatic carbocycles. The lowest BCUT2D eigenvalue weighted by Crippen LogP contribution is -2.53. The lowest BCUT2D eigenvalue weighted by atomic mass is 9.97. The van der Waals surface area contributed by atoms with Crippen LogP contribution in [0.5, 0.6) is 0 Å². The Balaban J connectivity index is 2.68. The Morgan fingerprint density at radius 1 is 1.48 bits per heavy atom. The number of amides is 3. The predicted molar refractivity (Wildman–Crippen MR) is 80.8 cm³/mol. The number of nitrogens with zero attached hydrogens (tertiary/aromatic N) is 1. The van der Waals surface area contributed by atoms with Gasteiger partial charge in [0.1, 0.15) is 6.04 Å². The third-order valence-electron chi connectivity index (χ3n) is 3.49. The first kappa shape index (κ1) is 17.6. The van der Waals surface area contributed by atoms with E-state index in [1.54, 1.807) is 16.7 Å². The highest BCUT2D eigenvalue weighted by atomic mass is 32.2. The van der Waals surface area contributed by atoms with Crippen molar-refractivity contribution in [3.8, 4) is 0 Å². The number of thioether (sulfide) groups is 1. The molecular weight excluding hydrogens is 294 g/mol. The van der Waals surface area contributed by atoms with Crippen LogP contribution in [0.15, 0.2) is 0 Å². The molecule has 0 spiro atoms. The third-order valence-corrected chi connectivity index (χ3v) is 4.14. The minimum absolute atomic E-state index is 0.184. The number of carbonyl (C=O) groups is 3. The first-order chi connectivity index (χ1) is 9.99. The molecule has 2 atom stereocenters. The number of hydrogen-bond donors (Lipinski definition) is 2. The van der Waals surface area contributed by atoms with Crippen LogP contribution in [0.3, 0.4) is 0 Å². The number of methoxy groups -OCH3 is 1. The van der Waals surface area contributed by atoms with Crippen molar-refractivity contribution in [3.05, 3.63) is 0 Å². The topological polar surface area (TPSA) is 102 Å². The fourth-order valence-electron chi connectivity index (χ4n) is 2.42. The molecule has 21 heavy (non-hydrogen) atoms. The Hall–Kier alpha value is -1.44. The highest BCUT2D eigenvalue weighted by Crippen LogP contribution is 2.19. The van der Waals surface area contributed by atoms with Crippen molar-refractivity contribution in [1.82, 2.24) is 10.2 Å². The molecule has 0 bridgehead atoms. The summed E-state index contributed by atoms with van der Waals surface area (Å²) in [4.78, 5) is 36.7. The quantitative estimate of drug-likeness (QED) is 0.681. The first-order valence-electron chi connectivity index (χ1n) is 6.91. The zero-order valence-electron chi connectivity index (χ0n) is 12.5. The van der Waals surface area contributed by atoms with E-state index < -0.39 is 12.1 Å². The molecule has 3 N–H and O–H groups in total. The van der Waals surface area contributed by atoms with Crippen LogP contribution < -0.4 is 11.1 Å². The summed E-state index contributed by atoms with van der Waals surface area (Å²) >= 11 is 1.59. The van der Waals surface area contributed by atoms with Gasteiger partial charge in [0, 0.05) is 13.1 Å². The van der Waals surface area contributed by atoms with Gasteiger partial charge in [-0.1, -0.05) is 0 Å². The van der Waals surface area contributed by atoms with E-state index in [0.717, 1.165) is 18.6 Å². The molecule has 2 unspecified atom stereocenters. The van der Waals surface area contributed by atoms with Crippen molar-refractivity contribution in [1.29, 1.82) is 0 Å². The van der Waals surface area contributed by atoms with Gasteiger partial charge in [-0.3, -0.25) is 9.59 Å². The van der Waals surface area contributed by atoms with Gasteiger partial charge in [0.15, 0.2) is 0 Å². The highest BCUT2D eigenvalue weighted by Gasteiger charge is 2.32. The Bertz CT molecular complexity index is 392.